The Bertz CT molecular complexity index is 1490. The molecule has 0 unspecified atom stereocenters. The lowest BCUT2D eigenvalue weighted by molar-refractivity contribution is -0.138. The summed E-state index contributed by atoms with van der Waals surface area (Å²) in [6.07, 6.45) is 24.4. The van der Waals surface area contributed by atoms with E-state index in [1.54, 1.807) is 0 Å². The van der Waals surface area contributed by atoms with E-state index >= 15 is 0 Å². The van der Waals surface area contributed by atoms with E-state index in [1.807, 2.05) is 72.8 Å². The van der Waals surface area contributed by atoms with E-state index in [0.29, 0.717) is 31.1 Å². The van der Waals surface area contributed by atoms with Gasteiger partial charge in [-0.25, -0.2) is 14.4 Å². The smallest absolute Gasteiger partial charge is 0.343 e. The van der Waals surface area contributed by atoms with Crippen LogP contribution in [0.3, 0.4) is 0 Å². The number of ether oxygens (including phenoxy) is 4. The van der Waals surface area contributed by atoms with Crippen molar-refractivity contribution in [1.29, 1.82) is 0 Å². The Morgan fingerprint density at radius 3 is 1.30 bits per heavy atom. The van der Waals surface area contributed by atoms with Crippen molar-refractivity contribution < 1.29 is 33.3 Å². The Morgan fingerprint density at radius 1 is 0.444 bits per heavy atom. The van der Waals surface area contributed by atoms with Gasteiger partial charge >= 0.3 is 17.9 Å². The molecule has 0 heterocycles. The summed E-state index contributed by atoms with van der Waals surface area (Å²) in [4.78, 5) is 34.8. The zero-order valence-corrected chi connectivity index (χ0v) is 32.4. The molecule has 3 aromatic carbocycles. The highest BCUT2D eigenvalue weighted by molar-refractivity contribution is 5.91. The molecule has 7 nitrogen and oxygen atoms in total. The van der Waals surface area contributed by atoms with Gasteiger partial charge in [0.2, 0.25) is 0 Å². The number of hydrogen-bond acceptors (Lipinski definition) is 7. The zero-order valence-electron chi connectivity index (χ0n) is 32.4. The van der Waals surface area contributed by atoms with Gasteiger partial charge in [0.15, 0.2) is 0 Å². The van der Waals surface area contributed by atoms with Crippen molar-refractivity contribution in [3.63, 3.8) is 0 Å². The number of esters is 3. The molecule has 0 N–H and O–H groups in total. The maximum atomic E-state index is 12.8. The molecule has 0 saturated carbocycles. The molecule has 3 aromatic rings. The number of benzene rings is 3. The predicted octanol–water partition coefficient (Wildman–Crippen LogP) is 12.0. The zero-order chi connectivity index (χ0) is 38.5. The van der Waals surface area contributed by atoms with Crippen LogP contribution in [0.2, 0.25) is 0 Å². The second-order valence-corrected chi connectivity index (χ2v) is 13.8. The highest BCUT2D eigenvalue weighted by atomic mass is 16.5. The van der Waals surface area contributed by atoms with E-state index < -0.39 is 0 Å². The summed E-state index contributed by atoms with van der Waals surface area (Å²) in [6.45, 7) is 8.49. The molecule has 0 spiro atoms. The van der Waals surface area contributed by atoms with Gasteiger partial charge in [-0.3, -0.25) is 0 Å². The molecule has 0 bridgehead atoms. The van der Waals surface area contributed by atoms with Crippen LogP contribution in [0.4, 0.5) is 0 Å². The molecule has 0 fully saturated rings. The average Bonchev–Trinajstić information content (AvgIpc) is 3.20. The number of carbonyl (C=O) groups is 3. The van der Waals surface area contributed by atoms with Crippen LogP contribution in [-0.2, 0) is 25.5 Å². The molecule has 0 amide bonds. The third kappa shape index (κ3) is 19.4. The molecule has 7 heteroatoms. The second-order valence-electron chi connectivity index (χ2n) is 13.8. The minimum atomic E-state index is -0.366. The van der Waals surface area contributed by atoms with E-state index in [4.69, 9.17) is 18.9 Å². The molecule has 0 aromatic heterocycles. The van der Waals surface area contributed by atoms with Crippen molar-refractivity contribution in [3.05, 3.63) is 109 Å². The monoisotopic (exact) mass is 738 g/mol. The molecule has 292 valence electrons. The quantitative estimate of drug-likeness (QED) is 0.0291. The summed E-state index contributed by atoms with van der Waals surface area (Å²) < 4.78 is 21.6. The number of rotatable bonds is 30. The van der Waals surface area contributed by atoms with Gasteiger partial charge in [0.25, 0.3) is 0 Å². The van der Waals surface area contributed by atoms with Crippen LogP contribution >= 0.6 is 0 Å². The summed E-state index contributed by atoms with van der Waals surface area (Å²) >= 11 is 0. The lowest BCUT2D eigenvalue weighted by Gasteiger charge is -2.09. The van der Waals surface area contributed by atoms with Gasteiger partial charge in [0.05, 0.1) is 25.4 Å². The van der Waals surface area contributed by atoms with Crippen molar-refractivity contribution in [2.45, 2.75) is 122 Å². The minimum Gasteiger partial charge on any atom is -0.494 e. The third-order valence-electron chi connectivity index (χ3n) is 9.43. The molecule has 0 aliphatic heterocycles. The van der Waals surface area contributed by atoms with E-state index in [1.165, 1.54) is 94.8 Å². The van der Waals surface area contributed by atoms with Crippen molar-refractivity contribution in [2.75, 3.05) is 19.8 Å². The number of hydrogen-bond donors (Lipinski definition) is 0. The summed E-state index contributed by atoms with van der Waals surface area (Å²) in [6, 6.07) is 23.5. The highest BCUT2D eigenvalue weighted by Gasteiger charge is 2.10. The first-order chi connectivity index (χ1) is 26.5. The Labute approximate surface area is 324 Å². The van der Waals surface area contributed by atoms with Gasteiger partial charge in [-0.1, -0.05) is 139 Å². The van der Waals surface area contributed by atoms with Gasteiger partial charge in [-0.2, -0.15) is 0 Å². The Morgan fingerprint density at radius 2 is 0.833 bits per heavy atom. The first-order valence-corrected chi connectivity index (χ1v) is 20.2. The Hall–Kier alpha value is -4.65. The van der Waals surface area contributed by atoms with Crippen LogP contribution in [0, 0.1) is 0 Å². The lowest BCUT2D eigenvalue weighted by atomic mass is 10.0. The van der Waals surface area contributed by atoms with Crippen molar-refractivity contribution in [1.82, 2.24) is 0 Å². The van der Waals surface area contributed by atoms with Gasteiger partial charge in [-0.15, -0.1) is 0 Å². The first kappa shape index (κ1) is 43.8. The lowest BCUT2D eigenvalue weighted by Crippen LogP contribution is -2.08. The van der Waals surface area contributed by atoms with Crippen LogP contribution in [0.25, 0.3) is 11.1 Å². The first-order valence-electron chi connectivity index (χ1n) is 20.2. The third-order valence-corrected chi connectivity index (χ3v) is 9.43. The molecule has 0 aliphatic rings. The second kappa shape index (κ2) is 27.9. The van der Waals surface area contributed by atoms with Crippen LogP contribution in [-0.4, -0.2) is 37.7 Å². The predicted molar refractivity (Wildman–Crippen MR) is 218 cm³/mol. The fourth-order valence-corrected chi connectivity index (χ4v) is 6.20. The summed E-state index contributed by atoms with van der Waals surface area (Å²) in [5, 5.41) is 0. The number of aryl methyl sites for hydroxylation is 1. The van der Waals surface area contributed by atoms with Crippen molar-refractivity contribution in [2.24, 2.45) is 0 Å². The van der Waals surface area contributed by atoms with Crippen LogP contribution in [0.5, 0.6) is 11.5 Å². The molecule has 0 radical (unpaired) electrons. The van der Waals surface area contributed by atoms with Gasteiger partial charge < -0.3 is 18.9 Å². The minimum absolute atomic E-state index is 0.338. The number of carbonyl (C=O) groups excluding carboxylic acids is 3. The molecule has 0 atom stereocenters. The SMILES string of the molecule is C=CC(=O)OCCCCCCCCCCCOc1ccc(-c2ccc(C(=O)Oc3ccc(CCCCCCCCCCCOC(=O)C=C)cc3)cc2)cc1. The molecule has 54 heavy (non-hydrogen) atoms. The molecule has 3 rings (SSSR count). The van der Waals surface area contributed by atoms with E-state index in [9.17, 15) is 14.4 Å². The Kier molecular flexibility index (Phi) is 22.6. The summed E-state index contributed by atoms with van der Waals surface area (Å²) in [7, 11) is 0. The highest BCUT2D eigenvalue weighted by Crippen LogP contribution is 2.24. The summed E-state index contributed by atoms with van der Waals surface area (Å²) in [5.41, 5.74) is 3.86. The fraction of sp³-hybridized carbons (Fsp3) is 0.468. The van der Waals surface area contributed by atoms with E-state index in [0.717, 1.165) is 61.8 Å². The molecular weight excluding hydrogens is 677 g/mol. The largest absolute Gasteiger partial charge is 0.494 e. The molecule has 0 saturated heterocycles. The maximum absolute atomic E-state index is 12.8. The van der Waals surface area contributed by atoms with E-state index in [2.05, 4.69) is 13.2 Å². The van der Waals surface area contributed by atoms with Gasteiger partial charge in [0, 0.05) is 12.2 Å². The number of unbranched alkanes of at least 4 members (excludes halogenated alkanes) is 16. The van der Waals surface area contributed by atoms with Gasteiger partial charge in [0.1, 0.15) is 11.5 Å². The Balaban J connectivity index is 1.21. The fourth-order valence-electron chi connectivity index (χ4n) is 6.20. The standard InChI is InChI=1S/C47H62O7/c1-3-45(48)52-37-21-17-13-8-5-7-11-15-19-23-39-24-32-44(33-25-39)54-47(50)42-28-26-40(27-29-42)41-30-34-43(35-31-41)51-36-20-16-12-9-6-10-14-18-22-38-53-46(49)4-2/h3-4,24-35H,1-2,5-23,36-38H2. The molecule has 0 aliphatic carbocycles. The van der Waals surface area contributed by atoms with Crippen LogP contribution in [0.15, 0.2) is 98.1 Å². The van der Waals surface area contributed by atoms with Gasteiger partial charge in [-0.05, 0) is 85.2 Å². The van der Waals surface area contributed by atoms with E-state index in [-0.39, 0.29) is 17.9 Å². The van der Waals surface area contributed by atoms with Crippen LogP contribution in [0.1, 0.15) is 131 Å². The summed E-state index contributed by atoms with van der Waals surface area (Å²) in [5.74, 6) is 0.376. The average molecular weight is 739 g/mol. The maximum Gasteiger partial charge on any atom is 0.343 e. The van der Waals surface area contributed by atoms with Crippen molar-refractivity contribution >= 4 is 17.9 Å². The topological polar surface area (TPSA) is 88.1 Å². The molecular formula is C47H62O7. The van der Waals surface area contributed by atoms with Crippen LogP contribution < -0.4 is 9.47 Å². The van der Waals surface area contributed by atoms with Crippen molar-refractivity contribution in [3.8, 4) is 22.6 Å². The normalized spacial score (nSPS) is 10.7.